The highest BCUT2D eigenvalue weighted by Crippen LogP contribution is 2.08. The minimum Gasteiger partial charge on any atom is -0.387 e. The van der Waals surface area contributed by atoms with Gasteiger partial charge >= 0.3 is 0 Å². The first kappa shape index (κ1) is 22.6. The molecule has 0 bridgehead atoms. The summed E-state index contributed by atoms with van der Waals surface area (Å²) in [6.07, 6.45) is 21.9. The van der Waals surface area contributed by atoms with E-state index in [4.69, 9.17) is 5.11 Å². The number of carbonyl (C=O) groups excluding carboxylic acids is 2. The van der Waals surface area contributed by atoms with Gasteiger partial charge in [0.25, 0.3) is 5.91 Å². The normalized spacial score (nSPS) is 11.4. The molecule has 0 atom stereocenters. The van der Waals surface area contributed by atoms with Crippen LogP contribution in [0.4, 0.5) is 0 Å². The maximum Gasteiger partial charge on any atom is 0.252 e. The van der Waals surface area contributed by atoms with Gasteiger partial charge in [0.05, 0.1) is 0 Å². The van der Waals surface area contributed by atoms with Crippen LogP contribution in [0.2, 0.25) is 0 Å². The molecule has 0 unspecified atom stereocenters. The number of nitrogens with one attached hydrogen (secondary N) is 1. The van der Waals surface area contributed by atoms with Crippen LogP contribution in [0.25, 0.3) is 0 Å². The Hall–Kier alpha value is -1.42. The Labute approximate surface area is 147 Å². The zero-order valence-electron chi connectivity index (χ0n) is 15.3. The van der Waals surface area contributed by atoms with Crippen LogP contribution in [0.15, 0.2) is 24.3 Å². The molecule has 0 heterocycles. The largest absolute Gasteiger partial charge is 0.387 e. The Balaban J connectivity index is 3.31. The van der Waals surface area contributed by atoms with Crippen LogP contribution in [-0.4, -0.2) is 23.5 Å². The highest BCUT2D eigenvalue weighted by molar-refractivity contribution is 5.95. The summed E-state index contributed by atoms with van der Waals surface area (Å²) in [6.45, 7) is 1.60. The van der Waals surface area contributed by atoms with Crippen molar-refractivity contribution in [3.63, 3.8) is 0 Å². The van der Waals surface area contributed by atoms with Crippen molar-refractivity contribution in [1.29, 1.82) is 0 Å². The molecule has 4 heteroatoms. The number of aliphatic hydroxyl groups excluding tert-OH is 1. The Kier molecular flexibility index (Phi) is 16.9. The van der Waals surface area contributed by atoms with Crippen LogP contribution in [0, 0.1) is 0 Å². The predicted octanol–water partition coefficient (Wildman–Crippen LogP) is 4.44. The Morgan fingerprint density at radius 1 is 0.792 bits per heavy atom. The third-order valence-corrected chi connectivity index (χ3v) is 3.78. The Morgan fingerprint density at radius 2 is 1.38 bits per heavy atom. The van der Waals surface area contributed by atoms with Crippen molar-refractivity contribution in [1.82, 2.24) is 5.32 Å². The molecule has 2 amide bonds. The van der Waals surface area contributed by atoms with Crippen molar-refractivity contribution >= 4 is 11.8 Å². The second-order valence-electron chi connectivity index (χ2n) is 6.11. The van der Waals surface area contributed by atoms with E-state index >= 15 is 0 Å². The van der Waals surface area contributed by atoms with E-state index in [9.17, 15) is 9.59 Å². The summed E-state index contributed by atoms with van der Waals surface area (Å²) in [5, 5.41) is 10.7. The first-order valence-corrected chi connectivity index (χ1v) is 9.44. The fourth-order valence-electron chi connectivity index (χ4n) is 2.35. The lowest BCUT2D eigenvalue weighted by Gasteiger charge is -2.02. The Bertz CT molecular complexity index is 375. The topological polar surface area (TPSA) is 66.4 Å². The fourth-order valence-corrected chi connectivity index (χ4v) is 2.35. The van der Waals surface area contributed by atoms with Gasteiger partial charge in [-0.2, -0.15) is 0 Å². The lowest BCUT2D eigenvalue weighted by atomic mass is 10.1. The van der Waals surface area contributed by atoms with Gasteiger partial charge in [-0.25, -0.2) is 0 Å². The van der Waals surface area contributed by atoms with Crippen LogP contribution in [0.5, 0.6) is 0 Å². The van der Waals surface area contributed by atoms with Gasteiger partial charge in [0.1, 0.15) is 6.61 Å². The van der Waals surface area contributed by atoms with Crippen molar-refractivity contribution in [2.24, 2.45) is 0 Å². The molecule has 0 radical (unpaired) electrons. The van der Waals surface area contributed by atoms with Crippen LogP contribution >= 0.6 is 0 Å². The molecule has 0 rings (SSSR count). The van der Waals surface area contributed by atoms with Crippen molar-refractivity contribution in [3.05, 3.63) is 24.3 Å². The summed E-state index contributed by atoms with van der Waals surface area (Å²) in [6, 6.07) is 0. The number of amides is 2. The highest BCUT2D eigenvalue weighted by Gasteiger charge is 2.05. The standard InChI is InChI=1S/C20H35NO3/c1-2-3-4-5-6-7-8-9-10-11-12-13-14-15-16-17-19(23)21-20(24)18-22/h6-7,9-10,22H,2-5,8,11-18H2,1H3,(H,21,23,24)/b7-6-,10-9-. The van der Waals surface area contributed by atoms with Crippen molar-refractivity contribution in [2.45, 2.75) is 84.0 Å². The average Bonchev–Trinajstić information content (AvgIpc) is 2.58. The second-order valence-corrected chi connectivity index (χ2v) is 6.11. The number of allylic oxidation sites excluding steroid dienone is 4. The van der Waals surface area contributed by atoms with E-state index in [2.05, 4.69) is 36.5 Å². The van der Waals surface area contributed by atoms with Crippen LogP contribution in [-0.2, 0) is 9.59 Å². The average molecular weight is 338 g/mol. The molecule has 2 N–H and O–H groups in total. The summed E-state index contributed by atoms with van der Waals surface area (Å²) < 4.78 is 0. The summed E-state index contributed by atoms with van der Waals surface area (Å²) >= 11 is 0. The lowest BCUT2D eigenvalue weighted by molar-refractivity contribution is -0.132. The molecule has 0 saturated heterocycles. The number of hydrogen-bond donors (Lipinski definition) is 2. The van der Waals surface area contributed by atoms with Crippen molar-refractivity contribution in [3.8, 4) is 0 Å². The minimum absolute atomic E-state index is 0.292. The van der Waals surface area contributed by atoms with Crippen LogP contribution < -0.4 is 5.32 Å². The smallest absolute Gasteiger partial charge is 0.252 e. The van der Waals surface area contributed by atoms with E-state index in [1.54, 1.807) is 0 Å². The molecule has 24 heavy (non-hydrogen) atoms. The number of imide groups is 1. The number of carbonyl (C=O) groups is 2. The second kappa shape index (κ2) is 17.9. The molecule has 0 aromatic carbocycles. The molecule has 0 aliphatic rings. The monoisotopic (exact) mass is 337 g/mol. The summed E-state index contributed by atoms with van der Waals surface area (Å²) in [5.74, 6) is -0.915. The fraction of sp³-hybridized carbons (Fsp3) is 0.700. The lowest BCUT2D eigenvalue weighted by Crippen LogP contribution is -2.32. The maximum absolute atomic E-state index is 11.3. The van der Waals surface area contributed by atoms with Crippen LogP contribution in [0.1, 0.15) is 84.0 Å². The molecular formula is C20H35NO3. The molecule has 4 nitrogen and oxygen atoms in total. The molecule has 0 spiro atoms. The van der Waals surface area contributed by atoms with Gasteiger partial charge in [0.15, 0.2) is 0 Å². The summed E-state index contributed by atoms with van der Waals surface area (Å²) in [4.78, 5) is 22.1. The molecular weight excluding hydrogens is 302 g/mol. The SMILES string of the molecule is CCCCC/C=C\C/C=C\CCCCCCCC(=O)NC(=O)CO. The van der Waals surface area contributed by atoms with Crippen molar-refractivity contribution < 1.29 is 14.7 Å². The molecule has 0 aromatic heterocycles. The number of rotatable bonds is 15. The Morgan fingerprint density at radius 3 is 2.00 bits per heavy atom. The number of hydrogen-bond acceptors (Lipinski definition) is 3. The van der Waals surface area contributed by atoms with E-state index in [-0.39, 0.29) is 5.91 Å². The zero-order chi connectivity index (χ0) is 17.9. The first-order valence-electron chi connectivity index (χ1n) is 9.44. The highest BCUT2D eigenvalue weighted by atomic mass is 16.3. The number of unbranched alkanes of at least 4 members (excludes halogenated alkanes) is 8. The summed E-state index contributed by atoms with van der Waals surface area (Å²) in [7, 11) is 0. The molecule has 0 saturated carbocycles. The van der Waals surface area contributed by atoms with E-state index in [1.807, 2.05) is 0 Å². The van der Waals surface area contributed by atoms with Gasteiger partial charge in [-0.05, 0) is 38.5 Å². The van der Waals surface area contributed by atoms with Gasteiger partial charge in [-0.1, -0.05) is 63.3 Å². The van der Waals surface area contributed by atoms with Gasteiger partial charge < -0.3 is 5.11 Å². The molecule has 0 aliphatic carbocycles. The van der Waals surface area contributed by atoms with E-state index in [0.29, 0.717) is 6.42 Å². The maximum atomic E-state index is 11.3. The summed E-state index contributed by atoms with van der Waals surface area (Å²) in [5.41, 5.74) is 0. The third-order valence-electron chi connectivity index (χ3n) is 3.78. The van der Waals surface area contributed by atoms with Gasteiger partial charge in [-0.3, -0.25) is 14.9 Å². The first-order chi connectivity index (χ1) is 11.7. The van der Waals surface area contributed by atoms with E-state index in [0.717, 1.165) is 32.1 Å². The van der Waals surface area contributed by atoms with Crippen LogP contribution in [0.3, 0.4) is 0 Å². The number of aliphatic hydroxyl groups is 1. The predicted molar refractivity (Wildman–Crippen MR) is 99.6 cm³/mol. The van der Waals surface area contributed by atoms with E-state index in [1.165, 1.54) is 38.5 Å². The van der Waals surface area contributed by atoms with Gasteiger partial charge in [0.2, 0.25) is 5.91 Å². The van der Waals surface area contributed by atoms with Gasteiger partial charge in [0, 0.05) is 6.42 Å². The quantitative estimate of drug-likeness (QED) is 0.343. The van der Waals surface area contributed by atoms with Crippen molar-refractivity contribution in [2.75, 3.05) is 6.61 Å². The van der Waals surface area contributed by atoms with Gasteiger partial charge in [-0.15, -0.1) is 0 Å². The molecule has 0 aromatic rings. The molecule has 0 fully saturated rings. The zero-order valence-corrected chi connectivity index (χ0v) is 15.3. The molecule has 138 valence electrons. The van der Waals surface area contributed by atoms with E-state index < -0.39 is 12.5 Å². The third kappa shape index (κ3) is 16.9. The minimum atomic E-state index is -0.631. The molecule has 0 aliphatic heterocycles.